The van der Waals surface area contributed by atoms with Crippen LogP contribution < -0.4 is 9.64 Å². The topological polar surface area (TPSA) is 100.0 Å². The molecule has 0 spiro atoms. The first-order valence-corrected chi connectivity index (χ1v) is 13.3. The summed E-state index contributed by atoms with van der Waals surface area (Å²) < 4.78 is 6.68. The zero-order valence-corrected chi connectivity index (χ0v) is 22.2. The molecule has 1 atom stereocenters. The number of carbonyl (C=O) groups is 2. The quantitative estimate of drug-likeness (QED) is 0.124. The van der Waals surface area contributed by atoms with Crippen molar-refractivity contribution in [1.82, 2.24) is 4.98 Å². The number of carbonyl (C=O) groups excluding carboxylic acids is 2. The Balaban J connectivity index is 1.67. The zero-order chi connectivity index (χ0) is 27.0. The third-order valence-electron chi connectivity index (χ3n) is 6.53. The number of ether oxygens (including phenoxy) is 1. The Morgan fingerprint density at radius 3 is 2.63 bits per heavy atom. The van der Waals surface area contributed by atoms with Gasteiger partial charge in [-0.2, -0.15) is 0 Å². The molecule has 5 rings (SSSR count). The molecule has 8 heteroatoms. The monoisotopic (exact) mass is 528 g/mol. The number of phenols is 1. The lowest BCUT2D eigenvalue weighted by atomic mass is 9.95. The summed E-state index contributed by atoms with van der Waals surface area (Å²) in [7, 11) is 0. The van der Waals surface area contributed by atoms with Gasteiger partial charge >= 0.3 is 5.91 Å². The molecule has 194 valence electrons. The number of aliphatic hydroxyl groups excluding tert-OH is 1. The third kappa shape index (κ3) is 4.63. The molecular weight excluding hydrogens is 500 g/mol. The first-order chi connectivity index (χ1) is 18.3. The predicted octanol–water partition coefficient (Wildman–Crippen LogP) is 6.42. The van der Waals surface area contributed by atoms with Crippen LogP contribution in [0.25, 0.3) is 16.0 Å². The molecule has 1 saturated heterocycles. The van der Waals surface area contributed by atoms with Crippen LogP contribution in [0.1, 0.15) is 48.1 Å². The number of thiazole rings is 1. The van der Waals surface area contributed by atoms with Gasteiger partial charge in [-0.15, -0.1) is 0 Å². The van der Waals surface area contributed by atoms with Crippen molar-refractivity contribution in [3.8, 4) is 11.5 Å². The van der Waals surface area contributed by atoms with Gasteiger partial charge in [-0.1, -0.05) is 55.0 Å². The van der Waals surface area contributed by atoms with Gasteiger partial charge in [0.25, 0.3) is 5.78 Å². The normalized spacial score (nSPS) is 16.9. The van der Waals surface area contributed by atoms with E-state index in [9.17, 15) is 19.8 Å². The Hall–Kier alpha value is -4.17. The van der Waals surface area contributed by atoms with Gasteiger partial charge in [-0.05, 0) is 67.3 Å². The minimum absolute atomic E-state index is 0.0184. The number of Topliss-reactive ketones (excluding diaryl/α,β-unsaturated/α-hetero) is 1. The lowest BCUT2D eigenvalue weighted by Gasteiger charge is -2.23. The number of benzene rings is 3. The molecule has 1 aliphatic rings. The van der Waals surface area contributed by atoms with E-state index in [0.29, 0.717) is 28.6 Å². The van der Waals surface area contributed by atoms with Crippen LogP contribution in [0, 0.1) is 13.8 Å². The lowest BCUT2D eigenvalue weighted by Crippen LogP contribution is -2.29. The minimum Gasteiger partial charge on any atom is -0.508 e. The summed E-state index contributed by atoms with van der Waals surface area (Å²) in [5.74, 6) is -1.38. The maximum absolute atomic E-state index is 13.5. The number of nitrogens with zero attached hydrogens (tertiary/aromatic N) is 2. The van der Waals surface area contributed by atoms with E-state index in [1.54, 1.807) is 36.4 Å². The van der Waals surface area contributed by atoms with Crippen molar-refractivity contribution in [1.29, 1.82) is 0 Å². The summed E-state index contributed by atoms with van der Waals surface area (Å²) in [5.41, 5.74) is 3.56. The number of unbranched alkanes of at least 4 members (excludes halogenated alkanes) is 1. The minimum atomic E-state index is -0.978. The van der Waals surface area contributed by atoms with E-state index in [2.05, 4.69) is 6.92 Å². The fraction of sp³-hybridized carbons (Fsp3) is 0.233. The summed E-state index contributed by atoms with van der Waals surface area (Å²) in [6.45, 7) is 6.55. The number of hydrogen-bond acceptors (Lipinski definition) is 7. The molecular formula is C30H28N2O5S. The van der Waals surface area contributed by atoms with Gasteiger partial charge in [0.15, 0.2) is 5.13 Å². The molecule has 7 nitrogen and oxygen atoms in total. The van der Waals surface area contributed by atoms with Gasteiger partial charge in [-0.3, -0.25) is 14.5 Å². The van der Waals surface area contributed by atoms with E-state index < -0.39 is 17.7 Å². The van der Waals surface area contributed by atoms with Crippen molar-refractivity contribution in [2.24, 2.45) is 0 Å². The van der Waals surface area contributed by atoms with Crippen LogP contribution in [0.4, 0.5) is 5.13 Å². The summed E-state index contributed by atoms with van der Waals surface area (Å²) in [6, 6.07) is 16.2. The van der Waals surface area contributed by atoms with Gasteiger partial charge < -0.3 is 14.9 Å². The Morgan fingerprint density at radius 2 is 1.87 bits per heavy atom. The average molecular weight is 529 g/mol. The molecule has 2 heterocycles. The molecule has 0 radical (unpaired) electrons. The highest BCUT2D eigenvalue weighted by molar-refractivity contribution is 7.22. The molecule has 1 aliphatic heterocycles. The molecule has 1 aromatic heterocycles. The van der Waals surface area contributed by atoms with Crippen molar-refractivity contribution in [2.75, 3.05) is 11.5 Å². The van der Waals surface area contributed by atoms with Crippen LogP contribution in [-0.2, 0) is 9.59 Å². The standard InChI is InChI=1S/C30H28N2O5S/c1-4-5-12-37-22-11-7-9-20(16-22)27(34)24-26(19-8-6-10-21(33)15-19)32(29(36)28(24)35)30-31-25-18(3)13-17(2)14-23(25)38-30/h6-11,13-16,26,33-34H,4-5,12H2,1-3H3/b27-24+. The fourth-order valence-electron chi connectivity index (χ4n) is 4.73. The Morgan fingerprint density at radius 1 is 1.08 bits per heavy atom. The molecule has 1 unspecified atom stereocenters. The number of aliphatic hydroxyl groups is 1. The summed E-state index contributed by atoms with van der Waals surface area (Å²) in [5, 5.41) is 22.0. The molecule has 2 N–H and O–H groups in total. The van der Waals surface area contributed by atoms with Crippen molar-refractivity contribution in [2.45, 2.75) is 39.7 Å². The van der Waals surface area contributed by atoms with Gasteiger partial charge in [-0.25, -0.2) is 4.98 Å². The average Bonchev–Trinajstić information content (AvgIpc) is 3.42. The molecule has 1 fully saturated rings. The summed E-state index contributed by atoms with van der Waals surface area (Å²) in [6.07, 6.45) is 1.87. The van der Waals surface area contributed by atoms with E-state index >= 15 is 0 Å². The second-order valence-corrected chi connectivity index (χ2v) is 10.4. The van der Waals surface area contributed by atoms with E-state index in [1.807, 2.05) is 26.0 Å². The second-order valence-electron chi connectivity index (χ2n) is 9.42. The lowest BCUT2D eigenvalue weighted by molar-refractivity contribution is -0.132. The van der Waals surface area contributed by atoms with Gasteiger partial charge in [0.05, 0.1) is 28.4 Å². The molecule has 4 aromatic rings. The van der Waals surface area contributed by atoms with E-state index in [0.717, 1.165) is 34.2 Å². The van der Waals surface area contributed by atoms with Crippen molar-refractivity contribution < 1.29 is 24.5 Å². The highest BCUT2D eigenvalue weighted by Gasteiger charge is 2.48. The molecule has 0 aliphatic carbocycles. The first-order valence-electron chi connectivity index (χ1n) is 12.5. The third-order valence-corrected chi connectivity index (χ3v) is 7.53. The second kappa shape index (κ2) is 10.3. The molecule has 0 bridgehead atoms. The Kier molecular flexibility index (Phi) is 6.91. The highest BCUT2D eigenvalue weighted by atomic mass is 32.1. The molecule has 38 heavy (non-hydrogen) atoms. The number of hydrogen-bond donors (Lipinski definition) is 2. The van der Waals surface area contributed by atoms with Gasteiger partial charge in [0.1, 0.15) is 17.3 Å². The molecule has 3 aromatic carbocycles. The highest BCUT2D eigenvalue weighted by Crippen LogP contribution is 2.45. The van der Waals surface area contributed by atoms with Crippen molar-refractivity contribution in [3.63, 3.8) is 0 Å². The van der Waals surface area contributed by atoms with Crippen molar-refractivity contribution in [3.05, 3.63) is 88.5 Å². The van der Waals surface area contributed by atoms with Gasteiger partial charge in [0.2, 0.25) is 0 Å². The number of anilines is 1. The van der Waals surface area contributed by atoms with Crippen molar-refractivity contribution >= 4 is 44.1 Å². The summed E-state index contributed by atoms with van der Waals surface area (Å²) in [4.78, 5) is 33.0. The summed E-state index contributed by atoms with van der Waals surface area (Å²) >= 11 is 1.31. The number of amides is 1. The maximum atomic E-state index is 13.5. The number of phenolic OH excluding ortho intramolecular Hbond substituents is 1. The number of ketones is 1. The van der Waals surface area contributed by atoms with Crippen LogP contribution in [0.5, 0.6) is 11.5 Å². The largest absolute Gasteiger partial charge is 0.508 e. The number of fused-ring (bicyclic) bond motifs is 1. The van der Waals surface area contributed by atoms with E-state index in [-0.39, 0.29) is 17.1 Å². The SMILES string of the molecule is CCCCOc1cccc(/C(O)=C2\C(=O)C(=O)N(c3nc4c(C)cc(C)cc4s3)C2c2cccc(O)c2)c1. The number of aromatic nitrogens is 1. The number of aromatic hydroxyl groups is 1. The van der Waals surface area contributed by atoms with E-state index in [1.165, 1.54) is 28.4 Å². The van der Waals surface area contributed by atoms with E-state index in [4.69, 9.17) is 9.72 Å². The fourth-order valence-corrected chi connectivity index (χ4v) is 5.89. The van der Waals surface area contributed by atoms with Crippen LogP contribution in [0.3, 0.4) is 0 Å². The smallest absolute Gasteiger partial charge is 0.301 e. The number of aryl methyl sites for hydroxylation is 2. The first kappa shape index (κ1) is 25.5. The number of rotatable bonds is 7. The van der Waals surface area contributed by atoms with Crippen LogP contribution in [-0.4, -0.2) is 33.5 Å². The van der Waals surface area contributed by atoms with Crippen LogP contribution >= 0.6 is 11.3 Å². The Bertz CT molecular complexity index is 1590. The molecule has 1 amide bonds. The maximum Gasteiger partial charge on any atom is 0.301 e. The predicted molar refractivity (Wildman–Crippen MR) is 149 cm³/mol. The zero-order valence-electron chi connectivity index (χ0n) is 21.4. The molecule has 0 saturated carbocycles. The van der Waals surface area contributed by atoms with Crippen LogP contribution in [0.15, 0.2) is 66.2 Å². The van der Waals surface area contributed by atoms with Crippen LogP contribution in [0.2, 0.25) is 0 Å². The Labute approximate surface area is 224 Å². The van der Waals surface area contributed by atoms with Gasteiger partial charge in [0, 0.05) is 5.56 Å².